The first-order chi connectivity index (χ1) is 9.05. The number of quaternary nitrogens is 1. The van der Waals surface area contributed by atoms with Crippen LogP contribution in [0.1, 0.15) is 23.2 Å². The smallest absolute Gasteiger partial charge is 0.298 e. The largest absolute Gasteiger partial charge is 0.359 e. The normalized spacial score (nSPS) is 17.1. The number of aldehydes is 1. The summed E-state index contributed by atoms with van der Waals surface area (Å²) in [5.41, 5.74) is 8.09. The molecule has 0 spiro atoms. The first-order valence-electron chi connectivity index (χ1n) is 5.38. The van der Waals surface area contributed by atoms with Gasteiger partial charge in [-0.25, -0.2) is 9.59 Å². The summed E-state index contributed by atoms with van der Waals surface area (Å²) in [6, 6.07) is 4.03. The van der Waals surface area contributed by atoms with Crippen molar-refractivity contribution in [2.24, 2.45) is 5.11 Å². The summed E-state index contributed by atoms with van der Waals surface area (Å²) in [6.07, 6.45) is 0.220. The number of carbonyl (C=O) groups is 3. The predicted octanol–water partition coefficient (Wildman–Crippen LogP) is 1.98. The Hall–Kier alpha value is -2.54. The third-order valence-electron chi connectivity index (χ3n) is 2.94. The average Bonchev–Trinajstić information content (AvgIpc) is 2.68. The van der Waals surface area contributed by atoms with Gasteiger partial charge in [-0.15, -0.1) is 0 Å². The molecule has 0 aliphatic carbocycles. The Morgan fingerprint density at radius 2 is 1.95 bits per heavy atom. The van der Waals surface area contributed by atoms with Crippen molar-refractivity contribution in [1.29, 1.82) is 0 Å². The van der Waals surface area contributed by atoms with Crippen LogP contribution in [0.2, 0.25) is 0 Å². The summed E-state index contributed by atoms with van der Waals surface area (Å²) in [4.78, 5) is 36.9. The molecule has 1 aliphatic rings. The Kier molecular flexibility index (Phi) is 3.14. The van der Waals surface area contributed by atoms with Crippen LogP contribution in [0.25, 0.3) is 10.4 Å². The summed E-state index contributed by atoms with van der Waals surface area (Å²) in [5.74, 6) is -1.44. The maximum Gasteiger partial charge on any atom is 0.359 e. The molecule has 0 aromatic heterocycles. The van der Waals surface area contributed by atoms with Gasteiger partial charge < -0.3 is 0 Å². The number of amides is 2. The Bertz CT molecular complexity index is 618. The first kappa shape index (κ1) is 12.9. The second-order valence-corrected chi connectivity index (χ2v) is 3.95. The molecule has 19 heavy (non-hydrogen) atoms. The molecule has 2 amide bonds. The Balaban J connectivity index is 2.75. The van der Waals surface area contributed by atoms with Gasteiger partial charge in [0.15, 0.2) is 12.0 Å². The lowest BCUT2D eigenvalue weighted by Gasteiger charge is -2.20. The van der Waals surface area contributed by atoms with Crippen LogP contribution in [-0.4, -0.2) is 23.3 Å². The predicted molar refractivity (Wildman–Crippen MR) is 63.5 cm³/mol. The van der Waals surface area contributed by atoms with Crippen LogP contribution in [-0.2, 0) is 9.59 Å². The Morgan fingerprint density at radius 3 is 2.47 bits per heavy atom. The molecule has 1 N–H and O–H groups in total. The van der Waals surface area contributed by atoms with E-state index in [0.29, 0.717) is 6.29 Å². The number of carbonyl (C=O) groups excluding carboxylic acids is 3. The quantitative estimate of drug-likeness (QED) is 0.170. The van der Waals surface area contributed by atoms with E-state index in [4.69, 9.17) is 5.53 Å². The van der Waals surface area contributed by atoms with Crippen LogP contribution in [0.15, 0.2) is 23.3 Å². The second kappa shape index (κ2) is 4.62. The van der Waals surface area contributed by atoms with Gasteiger partial charge >= 0.3 is 11.8 Å². The number of hydroxylamine groups is 2. The van der Waals surface area contributed by atoms with E-state index in [1.54, 1.807) is 0 Å². The van der Waals surface area contributed by atoms with E-state index in [1.807, 2.05) is 0 Å². The zero-order valence-electron chi connectivity index (χ0n) is 9.68. The van der Waals surface area contributed by atoms with Crippen LogP contribution >= 0.6 is 0 Å². The summed E-state index contributed by atoms with van der Waals surface area (Å²) >= 11 is 0. The molecule has 2 rings (SSSR count). The standard InChI is InChI=1S/C11H9N4O4/c12-14-13-11-7(6-16)2-1-3-8(11)15(19)9(17)4-5-10(15)18/h1-3,6,19H,4-5H2/q+1. The fourth-order valence-electron chi connectivity index (χ4n) is 2.00. The lowest BCUT2D eigenvalue weighted by molar-refractivity contribution is -0.168. The van der Waals surface area contributed by atoms with Crippen molar-refractivity contribution >= 4 is 29.5 Å². The van der Waals surface area contributed by atoms with Crippen LogP contribution < -0.4 is 4.65 Å². The minimum atomic E-state index is -1.56. The molecular formula is C11H9N4O4+. The zero-order chi connectivity index (χ0) is 14.0. The van der Waals surface area contributed by atoms with E-state index in [1.165, 1.54) is 18.2 Å². The van der Waals surface area contributed by atoms with Gasteiger partial charge in [0.25, 0.3) is 0 Å². The summed E-state index contributed by atoms with van der Waals surface area (Å²) in [7, 11) is 0. The van der Waals surface area contributed by atoms with Gasteiger partial charge in [0.1, 0.15) is 5.69 Å². The number of imide groups is 1. The lowest BCUT2D eigenvalue weighted by atomic mass is 10.1. The van der Waals surface area contributed by atoms with Gasteiger partial charge in [-0.2, -0.15) is 5.21 Å². The van der Waals surface area contributed by atoms with E-state index in [0.717, 1.165) is 0 Å². The minimum absolute atomic E-state index is 0.00523. The maximum absolute atomic E-state index is 11.7. The fourth-order valence-corrected chi connectivity index (χ4v) is 2.00. The highest BCUT2D eigenvalue weighted by Crippen LogP contribution is 2.39. The van der Waals surface area contributed by atoms with Gasteiger partial charge in [0.2, 0.25) is 0 Å². The number of nitrogens with zero attached hydrogens (tertiary/aromatic N) is 4. The SMILES string of the molecule is [N-]=[N+]=Nc1c(C=O)cccc1[N+]1(O)C(=O)CCC1=O. The zero-order valence-corrected chi connectivity index (χ0v) is 9.68. The number of azide groups is 1. The molecule has 1 saturated heterocycles. The number of hydrogen-bond acceptors (Lipinski definition) is 5. The average molecular weight is 261 g/mol. The number of benzene rings is 1. The van der Waals surface area contributed by atoms with Crippen LogP contribution in [0.4, 0.5) is 11.4 Å². The van der Waals surface area contributed by atoms with Crippen molar-refractivity contribution in [2.75, 3.05) is 0 Å². The van der Waals surface area contributed by atoms with E-state index in [-0.39, 0.29) is 29.8 Å². The molecule has 8 heteroatoms. The van der Waals surface area contributed by atoms with Crippen molar-refractivity contribution in [3.8, 4) is 0 Å². The summed E-state index contributed by atoms with van der Waals surface area (Å²) < 4.78 is -1.56. The van der Waals surface area contributed by atoms with E-state index in [2.05, 4.69) is 10.0 Å². The molecule has 1 heterocycles. The molecule has 8 nitrogen and oxygen atoms in total. The van der Waals surface area contributed by atoms with Crippen molar-refractivity contribution in [1.82, 2.24) is 4.65 Å². The van der Waals surface area contributed by atoms with Gasteiger partial charge in [-0.3, -0.25) is 4.79 Å². The molecule has 0 radical (unpaired) electrons. The topological polar surface area (TPSA) is 120 Å². The van der Waals surface area contributed by atoms with Crippen molar-refractivity contribution in [2.45, 2.75) is 12.8 Å². The monoisotopic (exact) mass is 261 g/mol. The van der Waals surface area contributed by atoms with E-state index >= 15 is 0 Å². The molecular weight excluding hydrogens is 252 g/mol. The molecule has 0 unspecified atom stereocenters. The molecule has 1 fully saturated rings. The molecule has 1 aliphatic heterocycles. The highest BCUT2D eigenvalue weighted by atomic mass is 16.6. The molecule has 0 bridgehead atoms. The van der Waals surface area contributed by atoms with Gasteiger partial charge in [0, 0.05) is 16.5 Å². The fraction of sp³-hybridized carbons (Fsp3) is 0.182. The third-order valence-corrected chi connectivity index (χ3v) is 2.94. The van der Waals surface area contributed by atoms with E-state index < -0.39 is 16.5 Å². The van der Waals surface area contributed by atoms with Crippen LogP contribution in [0, 0.1) is 0 Å². The lowest BCUT2D eigenvalue weighted by Crippen LogP contribution is -2.50. The third kappa shape index (κ3) is 1.80. The van der Waals surface area contributed by atoms with Gasteiger partial charge in [0.05, 0.1) is 12.8 Å². The number of rotatable bonds is 3. The highest BCUT2D eigenvalue weighted by Gasteiger charge is 2.53. The van der Waals surface area contributed by atoms with Gasteiger partial charge in [-0.05, 0) is 10.2 Å². The molecule has 96 valence electrons. The maximum atomic E-state index is 11.7. The molecule has 1 aromatic rings. The van der Waals surface area contributed by atoms with Crippen molar-refractivity contribution in [3.63, 3.8) is 0 Å². The highest BCUT2D eigenvalue weighted by molar-refractivity contribution is 6.14. The Labute approximate surface area is 107 Å². The molecule has 0 saturated carbocycles. The van der Waals surface area contributed by atoms with Crippen LogP contribution in [0.5, 0.6) is 0 Å². The Morgan fingerprint density at radius 1 is 1.32 bits per heavy atom. The van der Waals surface area contributed by atoms with Gasteiger partial charge in [-0.1, -0.05) is 17.2 Å². The second-order valence-electron chi connectivity index (χ2n) is 3.95. The number of hydrogen-bond donors (Lipinski definition) is 1. The minimum Gasteiger partial charge on any atom is -0.298 e. The van der Waals surface area contributed by atoms with Crippen molar-refractivity contribution in [3.05, 3.63) is 34.2 Å². The van der Waals surface area contributed by atoms with Crippen LogP contribution in [0.3, 0.4) is 0 Å². The van der Waals surface area contributed by atoms with E-state index in [9.17, 15) is 19.6 Å². The van der Waals surface area contributed by atoms with Crippen molar-refractivity contribution < 1.29 is 19.6 Å². The first-order valence-corrected chi connectivity index (χ1v) is 5.38. The summed E-state index contributed by atoms with van der Waals surface area (Å²) in [5, 5.41) is 13.6. The molecule has 0 atom stereocenters. The summed E-state index contributed by atoms with van der Waals surface area (Å²) in [6.45, 7) is 0. The molecule has 1 aromatic carbocycles.